The molecule has 2 N–H and O–H groups in total. The Morgan fingerprint density at radius 1 is 1.15 bits per heavy atom. The second-order valence-corrected chi connectivity index (χ2v) is 7.35. The molecular formula is C22H25N3O. The number of benzene rings is 1. The lowest BCUT2D eigenvalue weighted by Gasteiger charge is -2.18. The first kappa shape index (κ1) is 16.8. The predicted octanol–water partition coefficient (Wildman–Crippen LogP) is 4.12. The third-order valence-electron chi connectivity index (χ3n) is 5.69. The lowest BCUT2D eigenvalue weighted by Crippen LogP contribution is -2.26. The highest BCUT2D eigenvalue weighted by molar-refractivity contribution is 5.95. The topological polar surface area (TPSA) is 54.0 Å². The second-order valence-electron chi connectivity index (χ2n) is 7.35. The highest BCUT2D eigenvalue weighted by Gasteiger charge is 2.34. The number of pyridine rings is 1. The maximum atomic E-state index is 12.5. The van der Waals surface area contributed by atoms with Crippen LogP contribution in [0, 0.1) is 17.8 Å². The molecule has 1 fully saturated rings. The third kappa shape index (κ3) is 3.50. The van der Waals surface area contributed by atoms with Gasteiger partial charge in [0.2, 0.25) is 0 Å². The minimum atomic E-state index is 0.00496. The summed E-state index contributed by atoms with van der Waals surface area (Å²) in [6.07, 6.45) is 10.3. The van der Waals surface area contributed by atoms with Gasteiger partial charge < -0.3 is 10.6 Å². The number of carbonyl (C=O) groups excluding carboxylic acids is 1. The normalized spacial score (nSPS) is 23.2. The van der Waals surface area contributed by atoms with Crippen LogP contribution in [0.3, 0.4) is 0 Å². The molecule has 1 amide bonds. The zero-order valence-corrected chi connectivity index (χ0v) is 15.1. The van der Waals surface area contributed by atoms with Crippen LogP contribution in [0.5, 0.6) is 0 Å². The molecule has 0 unspecified atom stereocenters. The molecule has 1 saturated carbocycles. The van der Waals surface area contributed by atoms with Crippen LogP contribution >= 0.6 is 0 Å². The monoisotopic (exact) mass is 347 g/mol. The molecular weight excluding hydrogens is 322 g/mol. The van der Waals surface area contributed by atoms with Gasteiger partial charge in [0.05, 0.1) is 0 Å². The Morgan fingerprint density at radius 2 is 2.08 bits per heavy atom. The van der Waals surface area contributed by atoms with E-state index < -0.39 is 0 Å². The number of fused-ring (bicyclic) bond motifs is 2. The van der Waals surface area contributed by atoms with Crippen molar-refractivity contribution in [2.24, 2.45) is 17.8 Å². The molecule has 0 radical (unpaired) electrons. The van der Waals surface area contributed by atoms with E-state index in [1.165, 1.54) is 12.8 Å². The first-order chi connectivity index (χ1) is 12.7. The maximum absolute atomic E-state index is 12.5. The van der Waals surface area contributed by atoms with Crippen molar-refractivity contribution in [3.05, 3.63) is 60.3 Å². The largest absolute Gasteiger partial charge is 0.373 e. The Kier molecular flexibility index (Phi) is 4.74. The number of rotatable bonds is 6. The minimum absolute atomic E-state index is 0.00496. The summed E-state index contributed by atoms with van der Waals surface area (Å²) in [6.45, 7) is 0.753. The number of amides is 1. The highest BCUT2D eigenvalue weighted by atomic mass is 16.1. The number of allylic oxidation sites excluding steroid dienone is 2. The molecule has 2 bridgehead atoms. The van der Waals surface area contributed by atoms with E-state index in [0.717, 1.165) is 47.7 Å². The smallest absolute Gasteiger partial charge is 0.251 e. The lowest BCUT2D eigenvalue weighted by atomic mass is 9.90. The molecule has 3 atom stereocenters. The van der Waals surface area contributed by atoms with Crippen molar-refractivity contribution in [2.75, 3.05) is 18.9 Å². The quantitative estimate of drug-likeness (QED) is 0.773. The van der Waals surface area contributed by atoms with E-state index in [9.17, 15) is 4.79 Å². The van der Waals surface area contributed by atoms with Crippen LogP contribution in [0.15, 0.2) is 54.7 Å². The summed E-state index contributed by atoms with van der Waals surface area (Å²) < 4.78 is 0. The van der Waals surface area contributed by atoms with Crippen molar-refractivity contribution in [2.45, 2.75) is 19.3 Å². The van der Waals surface area contributed by atoms with Crippen LogP contribution in [0.25, 0.3) is 11.1 Å². The van der Waals surface area contributed by atoms with E-state index >= 15 is 0 Å². The standard InChI is InChI=1S/C22H25N3O/c1-23-21-8-7-20(14-25-21)16-3-2-4-19(13-16)22(26)24-10-9-18-12-15-5-6-17(18)11-15/h2-8,13-15,17-18H,9-12H2,1H3,(H,23,25)(H,24,26)/t15-,17+,18-/m1/s1. The number of carbonyl (C=O) groups is 1. The number of hydrogen-bond acceptors (Lipinski definition) is 3. The van der Waals surface area contributed by atoms with Crippen LogP contribution in [0.1, 0.15) is 29.6 Å². The Labute approximate surface area is 154 Å². The van der Waals surface area contributed by atoms with Gasteiger partial charge in [-0.15, -0.1) is 0 Å². The van der Waals surface area contributed by atoms with Gasteiger partial charge in [0.25, 0.3) is 5.91 Å². The Morgan fingerprint density at radius 3 is 2.77 bits per heavy atom. The third-order valence-corrected chi connectivity index (χ3v) is 5.69. The molecule has 2 aromatic rings. The number of aromatic nitrogens is 1. The number of nitrogens with zero attached hydrogens (tertiary/aromatic N) is 1. The van der Waals surface area contributed by atoms with Crippen molar-refractivity contribution in [3.8, 4) is 11.1 Å². The van der Waals surface area contributed by atoms with Gasteiger partial charge in [-0.2, -0.15) is 0 Å². The van der Waals surface area contributed by atoms with E-state index in [0.29, 0.717) is 5.56 Å². The summed E-state index contributed by atoms with van der Waals surface area (Å²) in [4.78, 5) is 16.9. The SMILES string of the molecule is CNc1ccc(-c2cccc(C(=O)NCC[C@@H]3C[C@@H]4C=C[C@H]3C4)c2)cn1. The van der Waals surface area contributed by atoms with Gasteiger partial charge in [0.15, 0.2) is 0 Å². The summed E-state index contributed by atoms with van der Waals surface area (Å²) in [5.41, 5.74) is 2.71. The van der Waals surface area contributed by atoms with Gasteiger partial charge in [-0.3, -0.25) is 4.79 Å². The Balaban J connectivity index is 1.36. The number of nitrogens with one attached hydrogen (secondary N) is 2. The minimum Gasteiger partial charge on any atom is -0.373 e. The van der Waals surface area contributed by atoms with Gasteiger partial charge >= 0.3 is 0 Å². The molecule has 134 valence electrons. The van der Waals surface area contributed by atoms with Crippen LogP contribution in [-0.2, 0) is 0 Å². The highest BCUT2D eigenvalue weighted by Crippen LogP contribution is 2.44. The average molecular weight is 347 g/mol. The van der Waals surface area contributed by atoms with Crippen LogP contribution < -0.4 is 10.6 Å². The number of anilines is 1. The van der Waals surface area contributed by atoms with Crippen molar-refractivity contribution >= 4 is 11.7 Å². The molecule has 0 aliphatic heterocycles. The summed E-state index contributed by atoms with van der Waals surface area (Å²) in [7, 11) is 1.85. The van der Waals surface area contributed by atoms with Gasteiger partial charge in [0, 0.05) is 30.9 Å². The van der Waals surface area contributed by atoms with E-state index in [4.69, 9.17) is 0 Å². The van der Waals surface area contributed by atoms with Crippen molar-refractivity contribution < 1.29 is 4.79 Å². The summed E-state index contributed by atoms with van der Waals surface area (Å²) in [6, 6.07) is 11.7. The molecule has 1 aromatic heterocycles. The molecule has 4 rings (SSSR count). The fraction of sp³-hybridized carbons (Fsp3) is 0.364. The van der Waals surface area contributed by atoms with Crippen molar-refractivity contribution in [1.82, 2.24) is 10.3 Å². The van der Waals surface area contributed by atoms with Crippen LogP contribution in [0.4, 0.5) is 5.82 Å². The van der Waals surface area contributed by atoms with Gasteiger partial charge in [-0.05, 0) is 66.8 Å². The zero-order chi connectivity index (χ0) is 17.9. The molecule has 1 aromatic carbocycles. The van der Waals surface area contributed by atoms with Gasteiger partial charge in [0.1, 0.15) is 5.82 Å². The van der Waals surface area contributed by atoms with E-state index in [1.807, 2.05) is 49.6 Å². The molecule has 2 aliphatic rings. The number of hydrogen-bond donors (Lipinski definition) is 2. The fourth-order valence-electron chi connectivity index (χ4n) is 4.25. The van der Waals surface area contributed by atoms with Crippen LogP contribution in [0.2, 0.25) is 0 Å². The molecule has 0 spiro atoms. The molecule has 0 saturated heterocycles. The Hall–Kier alpha value is -2.62. The van der Waals surface area contributed by atoms with E-state index in [2.05, 4.69) is 27.8 Å². The average Bonchev–Trinajstić information content (AvgIpc) is 3.31. The van der Waals surface area contributed by atoms with Crippen LogP contribution in [-0.4, -0.2) is 24.5 Å². The van der Waals surface area contributed by atoms with Crippen molar-refractivity contribution in [1.29, 1.82) is 0 Å². The van der Waals surface area contributed by atoms with Gasteiger partial charge in [-0.25, -0.2) is 4.98 Å². The summed E-state index contributed by atoms with van der Waals surface area (Å²) >= 11 is 0. The van der Waals surface area contributed by atoms with Crippen molar-refractivity contribution in [3.63, 3.8) is 0 Å². The predicted molar refractivity (Wildman–Crippen MR) is 105 cm³/mol. The molecule has 4 nitrogen and oxygen atoms in total. The summed E-state index contributed by atoms with van der Waals surface area (Å²) in [5.74, 6) is 3.12. The lowest BCUT2D eigenvalue weighted by molar-refractivity contribution is 0.0950. The zero-order valence-electron chi connectivity index (χ0n) is 15.1. The second kappa shape index (κ2) is 7.32. The summed E-state index contributed by atoms with van der Waals surface area (Å²) in [5, 5.41) is 6.11. The molecule has 2 aliphatic carbocycles. The molecule has 26 heavy (non-hydrogen) atoms. The fourth-order valence-corrected chi connectivity index (χ4v) is 4.25. The Bertz CT molecular complexity index is 812. The maximum Gasteiger partial charge on any atom is 0.251 e. The van der Waals surface area contributed by atoms with E-state index in [1.54, 1.807) is 0 Å². The van der Waals surface area contributed by atoms with E-state index in [-0.39, 0.29) is 5.91 Å². The molecule has 4 heteroatoms. The first-order valence-corrected chi connectivity index (χ1v) is 9.43. The first-order valence-electron chi connectivity index (χ1n) is 9.43. The molecule has 1 heterocycles. The van der Waals surface area contributed by atoms with Gasteiger partial charge in [-0.1, -0.05) is 24.3 Å².